The second kappa shape index (κ2) is 6.24. The lowest BCUT2D eigenvalue weighted by Gasteiger charge is -2.13. The van der Waals surface area contributed by atoms with Gasteiger partial charge in [-0.3, -0.25) is 0 Å². The molecule has 0 aliphatic heterocycles. The van der Waals surface area contributed by atoms with Crippen LogP contribution in [0, 0.1) is 6.92 Å². The Morgan fingerprint density at radius 3 is 2.70 bits per heavy atom. The summed E-state index contributed by atoms with van der Waals surface area (Å²) in [6.45, 7) is 3.78. The lowest BCUT2D eigenvalue weighted by molar-refractivity contribution is 0.479. The second-order valence-electron chi connectivity index (χ2n) is 5.05. The molecule has 0 saturated heterocycles. The molecule has 2 aromatic rings. The van der Waals surface area contributed by atoms with E-state index in [1.165, 1.54) is 0 Å². The predicted molar refractivity (Wildman–Crippen MR) is 78.8 cm³/mol. The largest absolute Gasteiger partial charge is 0.469 e. The zero-order valence-corrected chi connectivity index (χ0v) is 12.5. The minimum atomic E-state index is -3.35. The van der Waals surface area contributed by atoms with Crippen molar-refractivity contribution in [1.82, 2.24) is 4.72 Å². The van der Waals surface area contributed by atoms with Crippen LogP contribution in [0.1, 0.15) is 23.8 Å². The van der Waals surface area contributed by atoms with E-state index < -0.39 is 10.0 Å². The van der Waals surface area contributed by atoms with Gasteiger partial charge in [0.25, 0.3) is 0 Å². The Morgan fingerprint density at radius 2 is 2.05 bits per heavy atom. The van der Waals surface area contributed by atoms with E-state index in [-0.39, 0.29) is 11.8 Å². The molecule has 0 aliphatic rings. The highest BCUT2D eigenvalue weighted by molar-refractivity contribution is 7.88. The van der Waals surface area contributed by atoms with Gasteiger partial charge in [-0.15, -0.1) is 0 Å². The molecule has 1 heterocycles. The van der Waals surface area contributed by atoms with Crippen LogP contribution in [-0.2, 0) is 22.2 Å². The Bertz CT molecular complexity index is 648. The summed E-state index contributed by atoms with van der Waals surface area (Å²) in [6.07, 6.45) is 2.13. The SMILES string of the molecule is Cc1cccc(CS(=O)(=O)N[C@@H](C)Cc2ccco2)c1. The van der Waals surface area contributed by atoms with Gasteiger partial charge in [-0.25, -0.2) is 13.1 Å². The number of nitrogens with one attached hydrogen (secondary N) is 1. The van der Waals surface area contributed by atoms with Crippen LogP contribution in [0.4, 0.5) is 0 Å². The Balaban J connectivity index is 1.96. The molecule has 0 unspecified atom stereocenters. The van der Waals surface area contributed by atoms with Crippen LogP contribution in [-0.4, -0.2) is 14.5 Å². The number of rotatable bonds is 6. The summed E-state index contributed by atoms with van der Waals surface area (Å²) in [5.41, 5.74) is 1.85. The first kappa shape index (κ1) is 14.8. The van der Waals surface area contributed by atoms with Crippen LogP contribution in [0.2, 0.25) is 0 Å². The second-order valence-corrected chi connectivity index (χ2v) is 6.80. The van der Waals surface area contributed by atoms with Crippen LogP contribution in [0.5, 0.6) is 0 Å². The van der Waals surface area contributed by atoms with Gasteiger partial charge in [-0.05, 0) is 31.5 Å². The van der Waals surface area contributed by atoms with Crippen LogP contribution >= 0.6 is 0 Å². The van der Waals surface area contributed by atoms with Crippen molar-refractivity contribution in [3.8, 4) is 0 Å². The molecule has 4 nitrogen and oxygen atoms in total. The molecule has 0 radical (unpaired) electrons. The molecule has 0 fully saturated rings. The lowest BCUT2D eigenvalue weighted by atomic mass is 10.2. The van der Waals surface area contributed by atoms with Crippen molar-refractivity contribution < 1.29 is 12.8 Å². The number of benzene rings is 1. The number of sulfonamides is 1. The lowest BCUT2D eigenvalue weighted by Crippen LogP contribution is -2.34. The maximum absolute atomic E-state index is 12.1. The zero-order chi connectivity index (χ0) is 14.6. The summed E-state index contributed by atoms with van der Waals surface area (Å²) in [6, 6.07) is 11.0. The van der Waals surface area contributed by atoms with Crippen LogP contribution in [0.25, 0.3) is 0 Å². The summed E-state index contributed by atoms with van der Waals surface area (Å²) in [7, 11) is -3.35. The topological polar surface area (TPSA) is 59.3 Å². The predicted octanol–water partition coefficient (Wildman–Crippen LogP) is 2.64. The molecule has 1 aromatic heterocycles. The van der Waals surface area contributed by atoms with Gasteiger partial charge in [-0.1, -0.05) is 29.8 Å². The van der Waals surface area contributed by atoms with E-state index in [1.54, 1.807) is 12.3 Å². The Hall–Kier alpha value is -1.59. The summed E-state index contributed by atoms with van der Waals surface area (Å²) in [5, 5.41) is 0. The third kappa shape index (κ3) is 4.51. The maximum Gasteiger partial charge on any atom is 0.216 e. The summed E-state index contributed by atoms with van der Waals surface area (Å²) in [5.74, 6) is 0.771. The Labute approximate surface area is 119 Å². The minimum Gasteiger partial charge on any atom is -0.469 e. The van der Waals surface area contributed by atoms with Crippen molar-refractivity contribution in [2.45, 2.75) is 32.1 Å². The average Bonchev–Trinajstić information content (AvgIpc) is 2.79. The van der Waals surface area contributed by atoms with E-state index in [1.807, 2.05) is 44.2 Å². The van der Waals surface area contributed by atoms with E-state index in [0.717, 1.165) is 16.9 Å². The highest BCUT2D eigenvalue weighted by atomic mass is 32.2. The van der Waals surface area contributed by atoms with Crippen LogP contribution in [0.3, 0.4) is 0 Å². The first-order chi connectivity index (χ1) is 9.44. The number of hydrogen-bond donors (Lipinski definition) is 1. The molecule has 1 aromatic carbocycles. The van der Waals surface area contributed by atoms with Crippen molar-refractivity contribution in [3.63, 3.8) is 0 Å². The van der Waals surface area contributed by atoms with E-state index in [4.69, 9.17) is 4.42 Å². The zero-order valence-electron chi connectivity index (χ0n) is 11.7. The molecule has 0 bridgehead atoms. The fourth-order valence-corrected chi connectivity index (χ4v) is 3.54. The van der Waals surface area contributed by atoms with E-state index in [9.17, 15) is 8.42 Å². The molecule has 1 N–H and O–H groups in total. The fourth-order valence-electron chi connectivity index (χ4n) is 2.14. The van der Waals surface area contributed by atoms with Gasteiger partial charge in [0.05, 0.1) is 12.0 Å². The maximum atomic E-state index is 12.1. The average molecular weight is 293 g/mol. The summed E-state index contributed by atoms with van der Waals surface area (Å²) >= 11 is 0. The summed E-state index contributed by atoms with van der Waals surface area (Å²) in [4.78, 5) is 0. The Kier molecular flexibility index (Phi) is 4.62. The van der Waals surface area contributed by atoms with Gasteiger partial charge in [0.15, 0.2) is 0 Å². The minimum absolute atomic E-state index is 0.00280. The molecule has 108 valence electrons. The third-order valence-electron chi connectivity index (χ3n) is 2.91. The van der Waals surface area contributed by atoms with Gasteiger partial charge in [0.2, 0.25) is 10.0 Å². The molecule has 5 heteroatoms. The quantitative estimate of drug-likeness (QED) is 0.890. The first-order valence-electron chi connectivity index (χ1n) is 6.52. The highest BCUT2D eigenvalue weighted by Gasteiger charge is 2.16. The van der Waals surface area contributed by atoms with Gasteiger partial charge in [0.1, 0.15) is 5.76 Å². The molecular weight excluding hydrogens is 274 g/mol. The third-order valence-corrected chi connectivity index (χ3v) is 4.38. The first-order valence-corrected chi connectivity index (χ1v) is 8.18. The molecular formula is C15H19NO3S. The van der Waals surface area contributed by atoms with Gasteiger partial charge < -0.3 is 4.42 Å². The number of furan rings is 1. The van der Waals surface area contributed by atoms with Gasteiger partial charge >= 0.3 is 0 Å². The number of aryl methyl sites for hydroxylation is 1. The van der Waals surface area contributed by atoms with Crippen molar-refractivity contribution in [2.75, 3.05) is 0 Å². The fraction of sp³-hybridized carbons (Fsp3) is 0.333. The molecule has 0 spiro atoms. The molecule has 0 amide bonds. The number of hydrogen-bond acceptors (Lipinski definition) is 3. The normalized spacial score (nSPS) is 13.3. The van der Waals surface area contributed by atoms with E-state index >= 15 is 0 Å². The van der Waals surface area contributed by atoms with Gasteiger partial charge in [0, 0.05) is 12.5 Å². The standard InChI is InChI=1S/C15H19NO3S/c1-12-5-3-6-14(9-12)11-20(17,18)16-13(2)10-15-7-4-8-19-15/h3-9,13,16H,10-11H2,1-2H3/t13-/m0/s1. The smallest absolute Gasteiger partial charge is 0.216 e. The van der Waals surface area contributed by atoms with Gasteiger partial charge in [-0.2, -0.15) is 0 Å². The van der Waals surface area contributed by atoms with Crippen LogP contribution < -0.4 is 4.72 Å². The van der Waals surface area contributed by atoms with Crippen molar-refractivity contribution in [1.29, 1.82) is 0 Å². The molecule has 2 rings (SSSR count). The van der Waals surface area contributed by atoms with Crippen molar-refractivity contribution in [3.05, 3.63) is 59.5 Å². The molecule has 0 aliphatic carbocycles. The van der Waals surface area contributed by atoms with E-state index in [0.29, 0.717) is 6.42 Å². The van der Waals surface area contributed by atoms with Crippen molar-refractivity contribution >= 4 is 10.0 Å². The summed E-state index contributed by atoms with van der Waals surface area (Å²) < 4.78 is 32.1. The van der Waals surface area contributed by atoms with Crippen LogP contribution in [0.15, 0.2) is 47.1 Å². The molecule has 20 heavy (non-hydrogen) atoms. The molecule has 1 atom stereocenters. The highest BCUT2D eigenvalue weighted by Crippen LogP contribution is 2.10. The Morgan fingerprint density at radius 1 is 1.25 bits per heavy atom. The van der Waals surface area contributed by atoms with E-state index in [2.05, 4.69) is 4.72 Å². The monoisotopic (exact) mass is 293 g/mol. The molecule has 0 saturated carbocycles. The van der Waals surface area contributed by atoms with Crippen molar-refractivity contribution in [2.24, 2.45) is 0 Å².